The Kier molecular flexibility index (Phi) is 6.71. The van der Waals surface area contributed by atoms with Crippen molar-refractivity contribution in [2.75, 3.05) is 4.90 Å². The van der Waals surface area contributed by atoms with Crippen molar-refractivity contribution in [1.82, 2.24) is 5.32 Å². The Balaban J connectivity index is 1.53. The van der Waals surface area contributed by atoms with E-state index < -0.39 is 93.4 Å². The van der Waals surface area contributed by atoms with Crippen LogP contribution in [0.15, 0.2) is 36.4 Å². The number of halogens is 6. The first-order valence-corrected chi connectivity index (χ1v) is 14.8. The highest BCUT2D eigenvalue weighted by Crippen LogP contribution is 2.61. The Morgan fingerprint density at radius 1 is 0.667 bits per heavy atom. The van der Waals surface area contributed by atoms with Crippen LogP contribution in [0.25, 0.3) is 0 Å². The van der Waals surface area contributed by atoms with E-state index in [0.717, 1.165) is 24.3 Å². The second kappa shape index (κ2) is 9.65. The monoisotopic (exact) mass is 634 g/mol. The molecule has 2 saturated carbocycles. The van der Waals surface area contributed by atoms with E-state index in [1.165, 1.54) is 13.0 Å². The van der Waals surface area contributed by atoms with Crippen molar-refractivity contribution in [2.24, 2.45) is 35.5 Å². The van der Waals surface area contributed by atoms with Crippen LogP contribution in [-0.4, -0.2) is 36.0 Å². The van der Waals surface area contributed by atoms with Gasteiger partial charge in [-0.25, -0.2) is 4.90 Å². The molecule has 240 valence electrons. The predicted molar refractivity (Wildman–Crippen MR) is 150 cm³/mol. The standard InChI is InChI=1S/C33H32F6N2O4/c1-14-6-8-16(10-22(14)30(3,4)5)31(32(34,35)36,33(37,38)39)17-9-7-15(2)23(11-17)41-28(44)20-13-21(29(41)45)25-19-12-18(24(20)25)26(42)40-27(19)43/h6-11,18-21,24-25H,12-13H2,1-5H3,(H,40,42,43). The Bertz CT molecular complexity index is 1600. The summed E-state index contributed by atoms with van der Waals surface area (Å²) in [4.78, 5) is 53.8. The Labute approximate surface area is 255 Å². The third-order valence-corrected chi connectivity index (χ3v) is 10.5. The first-order chi connectivity index (χ1) is 20.7. The van der Waals surface area contributed by atoms with Crippen molar-refractivity contribution in [2.45, 2.75) is 70.6 Å². The summed E-state index contributed by atoms with van der Waals surface area (Å²) in [5.41, 5.74) is -6.90. The number of hydrogen-bond acceptors (Lipinski definition) is 4. The molecule has 6 rings (SSSR count). The van der Waals surface area contributed by atoms with Crippen LogP contribution in [0.2, 0.25) is 0 Å². The maximum Gasteiger partial charge on any atom is 0.411 e. The molecule has 4 amide bonds. The lowest BCUT2D eigenvalue weighted by atomic mass is 9.70. The minimum atomic E-state index is -5.88. The van der Waals surface area contributed by atoms with Crippen molar-refractivity contribution in [3.8, 4) is 0 Å². The lowest BCUT2D eigenvalue weighted by Gasteiger charge is -2.40. The molecule has 2 aromatic rings. The molecule has 4 bridgehead atoms. The number of carbonyl (C=O) groups is 4. The van der Waals surface area contributed by atoms with E-state index >= 15 is 26.3 Å². The summed E-state index contributed by atoms with van der Waals surface area (Å²) in [6.45, 7) is 8.08. The van der Waals surface area contributed by atoms with Crippen LogP contribution in [0.5, 0.6) is 0 Å². The summed E-state index contributed by atoms with van der Waals surface area (Å²) < 4.78 is 90.9. The number of anilines is 1. The summed E-state index contributed by atoms with van der Waals surface area (Å²) in [6, 6.07) is 5.45. The predicted octanol–water partition coefficient (Wildman–Crippen LogP) is 6.05. The molecule has 2 aliphatic heterocycles. The van der Waals surface area contributed by atoms with Gasteiger partial charge in [0.25, 0.3) is 0 Å². The number of rotatable bonds is 3. The smallest absolute Gasteiger partial charge is 0.296 e. The number of imide groups is 2. The van der Waals surface area contributed by atoms with Gasteiger partial charge in [0.2, 0.25) is 29.0 Å². The molecular weight excluding hydrogens is 602 g/mol. The number of benzene rings is 2. The van der Waals surface area contributed by atoms with Crippen LogP contribution >= 0.6 is 0 Å². The molecule has 45 heavy (non-hydrogen) atoms. The summed E-state index contributed by atoms with van der Waals surface area (Å²) in [7, 11) is 0. The second-order valence-corrected chi connectivity index (χ2v) is 13.9. The number of amides is 4. The van der Waals surface area contributed by atoms with E-state index in [-0.39, 0.29) is 24.1 Å². The topological polar surface area (TPSA) is 83.6 Å². The zero-order valence-electron chi connectivity index (χ0n) is 25.2. The van der Waals surface area contributed by atoms with Crippen molar-refractivity contribution >= 4 is 29.3 Å². The lowest BCUT2D eigenvalue weighted by Crippen LogP contribution is -2.55. The average molecular weight is 635 g/mol. The van der Waals surface area contributed by atoms with Gasteiger partial charge in [0.05, 0.1) is 5.69 Å². The van der Waals surface area contributed by atoms with E-state index in [9.17, 15) is 19.2 Å². The van der Waals surface area contributed by atoms with Crippen molar-refractivity contribution in [1.29, 1.82) is 0 Å². The fourth-order valence-corrected chi connectivity index (χ4v) is 8.62. The van der Waals surface area contributed by atoms with Gasteiger partial charge in [-0.15, -0.1) is 0 Å². The molecule has 0 radical (unpaired) electrons. The largest absolute Gasteiger partial charge is 0.411 e. The molecular formula is C33H32F6N2O4. The number of nitrogens with zero attached hydrogens (tertiary/aromatic N) is 1. The van der Waals surface area contributed by atoms with Gasteiger partial charge in [-0.1, -0.05) is 51.1 Å². The van der Waals surface area contributed by atoms with Crippen molar-refractivity contribution < 1.29 is 45.5 Å². The number of fused-ring (bicyclic) bond motifs is 9. The van der Waals surface area contributed by atoms with Crippen molar-refractivity contribution in [3.63, 3.8) is 0 Å². The molecule has 1 N–H and O–H groups in total. The van der Waals surface area contributed by atoms with E-state index in [1.54, 1.807) is 27.7 Å². The van der Waals surface area contributed by atoms with Crippen molar-refractivity contribution in [3.05, 3.63) is 64.2 Å². The van der Waals surface area contributed by atoms with E-state index in [4.69, 9.17) is 0 Å². The zero-order valence-corrected chi connectivity index (χ0v) is 25.2. The van der Waals surface area contributed by atoms with Crippen LogP contribution in [-0.2, 0) is 30.0 Å². The van der Waals surface area contributed by atoms with Crippen LogP contribution in [0.4, 0.5) is 32.0 Å². The number of alkyl halides is 6. The maximum absolute atomic E-state index is 15.2. The first-order valence-electron chi connectivity index (χ1n) is 14.8. The van der Waals surface area contributed by atoms with Crippen LogP contribution < -0.4 is 10.2 Å². The molecule has 2 aromatic carbocycles. The molecule has 4 fully saturated rings. The zero-order chi connectivity index (χ0) is 33.2. The van der Waals surface area contributed by atoms with Crippen LogP contribution in [0, 0.1) is 49.4 Å². The van der Waals surface area contributed by atoms with Gasteiger partial charge in [0, 0.05) is 23.7 Å². The number of carbonyl (C=O) groups excluding carboxylic acids is 4. The van der Waals surface area contributed by atoms with E-state index in [0.29, 0.717) is 22.1 Å². The summed E-state index contributed by atoms with van der Waals surface area (Å²) in [5.74, 6) is -7.00. The molecule has 6 nitrogen and oxygen atoms in total. The fourth-order valence-electron chi connectivity index (χ4n) is 8.62. The van der Waals surface area contributed by atoms with Gasteiger partial charge in [0.15, 0.2) is 0 Å². The van der Waals surface area contributed by atoms with Crippen LogP contribution in [0.3, 0.4) is 0 Å². The third kappa shape index (κ3) is 4.22. The second-order valence-electron chi connectivity index (χ2n) is 13.9. The molecule has 4 aliphatic rings. The highest BCUT2D eigenvalue weighted by atomic mass is 19.4. The summed E-state index contributed by atoms with van der Waals surface area (Å²) in [6.07, 6.45) is -11.5. The van der Waals surface area contributed by atoms with Gasteiger partial charge in [-0.3, -0.25) is 24.5 Å². The van der Waals surface area contributed by atoms with Gasteiger partial charge in [0.1, 0.15) is 0 Å². The minimum absolute atomic E-state index is 0.0732. The number of aryl methyl sites for hydroxylation is 2. The average Bonchev–Trinajstić information content (AvgIpc) is 3.43. The normalized spacial score (nSPS) is 28.5. The van der Waals surface area contributed by atoms with Crippen LogP contribution in [0.1, 0.15) is 61.4 Å². The summed E-state index contributed by atoms with van der Waals surface area (Å²) in [5, 5.41) is 2.30. The molecule has 12 heteroatoms. The van der Waals surface area contributed by atoms with Gasteiger partial charge >= 0.3 is 12.4 Å². The van der Waals surface area contributed by atoms with Gasteiger partial charge in [-0.2, -0.15) is 26.3 Å². The van der Waals surface area contributed by atoms with E-state index in [1.807, 2.05) is 0 Å². The Hall–Kier alpha value is -3.70. The lowest BCUT2D eigenvalue weighted by molar-refractivity contribution is -0.288. The SMILES string of the molecule is Cc1ccc(C(c2ccc(C)c(C(C)(C)C)c2)(C(F)(F)F)C(F)(F)F)cc1N1C(=O)C2CC(C1=O)C1C3CC(C(=O)NC3=O)C21. The highest BCUT2D eigenvalue weighted by molar-refractivity contribution is 6.20. The molecule has 0 spiro atoms. The first kappa shape index (κ1) is 31.3. The fraction of sp³-hybridized carbons (Fsp3) is 0.515. The third-order valence-electron chi connectivity index (χ3n) is 10.5. The maximum atomic E-state index is 15.2. The van der Waals surface area contributed by atoms with Gasteiger partial charge in [-0.05, 0) is 77.8 Å². The number of piperidine rings is 2. The number of nitrogens with one attached hydrogen (secondary N) is 1. The quantitative estimate of drug-likeness (QED) is 0.254. The minimum Gasteiger partial charge on any atom is -0.296 e. The molecule has 2 aliphatic carbocycles. The molecule has 0 aromatic heterocycles. The molecule has 6 atom stereocenters. The Morgan fingerprint density at radius 3 is 1.58 bits per heavy atom. The van der Waals surface area contributed by atoms with E-state index in [2.05, 4.69) is 5.32 Å². The summed E-state index contributed by atoms with van der Waals surface area (Å²) >= 11 is 0. The highest BCUT2D eigenvalue weighted by Gasteiger charge is 2.73. The molecule has 2 heterocycles. The molecule has 6 unspecified atom stereocenters. The Morgan fingerprint density at radius 2 is 1.11 bits per heavy atom. The molecule has 2 saturated heterocycles. The van der Waals surface area contributed by atoms with Gasteiger partial charge < -0.3 is 0 Å². The number of hydrogen-bond donors (Lipinski definition) is 1.